The van der Waals surface area contributed by atoms with Gasteiger partial charge in [-0.05, 0) is 33.8 Å². The van der Waals surface area contributed by atoms with Crippen LogP contribution >= 0.6 is 27.3 Å². The van der Waals surface area contributed by atoms with E-state index in [1.54, 1.807) is 11.3 Å². The van der Waals surface area contributed by atoms with Crippen molar-refractivity contribution in [2.24, 2.45) is 11.8 Å². The van der Waals surface area contributed by atoms with Crippen molar-refractivity contribution in [2.75, 3.05) is 0 Å². The summed E-state index contributed by atoms with van der Waals surface area (Å²) in [6.07, 6.45) is 0.465. The van der Waals surface area contributed by atoms with Gasteiger partial charge >= 0.3 is 5.97 Å². The van der Waals surface area contributed by atoms with Crippen LogP contribution in [0.5, 0.6) is 0 Å². The smallest absolute Gasteiger partial charge is 0.307 e. The van der Waals surface area contributed by atoms with Crippen molar-refractivity contribution in [1.82, 2.24) is 5.32 Å². The van der Waals surface area contributed by atoms with Crippen LogP contribution in [0.25, 0.3) is 0 Å². The van der Waals surface area contributed by atoms with E-state index in [0.29, 0.717) is 13.0 Å². The Morgan fingerprint density at radius 1 is 1.56 bits per heavy atom. The van der Waals surface area contributed by atoms with E-state index in [4.69, 9.17) is 5.11 Å². The fraction of sp³-hybridized carbons (Fsp3) is 0.400. The molecule has 2 rings (SSSR count). The Morgan fingerprint density at radius 2 is 2.31 bits per heavy atom. The Morgan fingerprint density at radius 3 is 2.81 bits per heavy atom. The lowest BCUT2D eigenvalue weighted by molar-refractivity contribution is -0.140. The minimum Gasteiger partial charge on any atom is -0.481 e. The molecule has 1 fully saturated rings. The Hall–Kier alpha value is -0.880. The highest BCUT2D eigenvalue weighted by Crippen LogP contribution is 2.38. The second kappa shape index (κ2) is 4.55. The van der Waals surface area contributed by atoms with Crippen LogP contribution in [0.3, 0.4) is 0 Å². The number of amides is 1. The number of halogens is 1. The molecule has 1 saturated carbocycles. The van der Waals surface area contributed by atoms with Gasteiger partial charge in [0.2, 0.25) is 5.91 Å². The average molecular weight is 304 g/mol. The van der Waals surface area contributed by atoms with Gasteiger partial charge in [-0.2, -0.15) is 0 Å². The molecule has 0 saturated heterocycles. The van der Waals surface area contributed by atoms with Gasteiger partial charge in [0.25, 0.3) is 0 Å². The Kier molecular flexibility index (Phi) is 3.30. The lowest BCUT2D eigenvalue weighted by Crippen LogP contribution is -2.25. The van der Waals surface area contributed by atoms with Crippen LogP contribution in [0.15, 0.2) is 15.9 Å². The molecule has 0 radical (unpaired) electrons. The molecule has 6 heteroatoms. The zero-order chi connectivity index (χ0) is 11.7. The molecule has 1 aliphatic carbocycles. The van der Waals surface area contributed by atoms with E-state index in [9.17, 15) is 9.59 Å². The first-order chi connectivity index (χ1) is 7.59. The molecule has 1 aromatic heterocycles. The topological polar surface area (TPSA) is 66.4 Å². The van der Waals surface area contributed by atoms with Gasteiger partial charge in [0.15, 0.2) is 0 Å². The van der Waals surface area contributed by atoms with Crippen LogP contribution in [0.2, 0.25) is 0 Å². The monoisotopic (exact) mass is 303 g/mol. The quantitative estimate of drug-likeness (QED) is 0.892. The van der Waals surface area contributed by atoms with Crippen molar-refractivity contribution in [3.63, 3.8) is 0 Å². The van der Waals surface area contributed by atoms with Crippen molar-refractivity contribution in [3.05, 3.63) is 20.8 Å². The predicted molar refractivity (Wildman–Crippen MR) is 63.1 cm³/mol. The van der Waals surface area contributed by atoms with E-state index in [1.807, 2.05) is 11.4 Å². The average Bonchev–Trinajstić information content (AvgIpc) is 2.94. The molecule has 1 amide bonds. The molecule has 0 bridgehead atoms. The van der Waals surface area contributed by atoms with Gasteiger partial charge in [0, 0.05) is 9.35 Å². The number of rotatable bonds is 4. The molecule has 0 spiro atoms. The zero-order valence-electron chi connectivity index (χ0n) is 8.27. The van der Waals surface area contributed by atoms with E-state index < -0.39 is 11.9 Å². The standard InChI is InChI=1S/C10H10BrNO3S/c11-7-1-2-16-8(7)4-12-9(13)5-3-6(5)10(14)15/h1-2,5-6H,3-4H2,(H,12,13)(H,14,15). The number of carbonyl (C=O) groups is 2. The van der Waals surface area contributed by atoms with Gasteiger partial charge in [-0.1, -0.05) is 0 Å². The second-order valence-corrected chi connectivity index (χ2v) is 5.55. The van der Waals surface area contributed by atoms with E-state index >= 15 is 0 Å². The maximum Gasteiger partial charge on any atom is 0.307 e. The number of carboxylic acid groups (broad SMARTS) is 1. The largest absolute Gasteiger partial charge is 0.481 e. The van der Waals surface area contributed by atoms with Gasteiger partial charge < -0.3 is 10.4 Å². The molecule has 0 aliphatic heterocycles. The van der Waals surface area contributed by atoms with Gasteiger partial charge in [-0.15, -0.1) is 11.3 Å². The normalized spacial score (nSPS) is 22.8. The minimum absolute atomic E-state index is 0.160. The molecular weight excluding hydrogens is 294 g/mol. The molecule has 1 aliphatic rings. The zero-order valence-corrected chi connectivity index (χ0v) is 10.7. The number of nitrogens with one attached hydrogen (secondary N) is 1. The van der Waals surface area contributed by atoms with Crippen LogP contribution < -0.4 is 5.32 Å². The van der Waals surface area contributed by atoms with Crippen molar-refractivity contribution in [2.45, 2.75) is 13.0 Å². The minimum atomic E-state index is -0.877. The summed E-state index contributed by atoms with van der Waals surface area (Å²) >= 11 is 4.92. The summed E-state index contributed by atoms with van der Waals surface area (Å²) < 4.78 is 0.975. The molecule has 2 N–H and O–H groups in total. The fourth-order valence-corrected chi connectivity index (χ4v) is 2.94. The highest BCUT2D eigenvalue weighted by molar-refractivity contribution is 9.10. The molecule has 1 heterocycles. The van der Waals surface area contributed by atoms with Gasteiger partial charge in [0.1, 0.15) is 0 Å². The first kappa shape index (κ1) is 11.6. The Labute approximate surface area is 105 Å². The predicted octanol–water partition coefficient (Wildman–Crippen LogP) is 1.85. The maximum atomic E-state index is 11.5. The lowest BCUT2D eigenvalue weighted by atomic mass is 10.3. The van der Waals surface area contributed by atoms with Crippen LogP contribution in [0.4, 0.5) is 0 Å². The van der Waals surface area contributed by atoms with E-state index in [2.05, 4.69) is 21.2 Å². The number of aliphatic carboxylic acids is 1. The highest BCUT2D eigenvalue weighted by atomic mass is 79.9. The summed E-state index contributed by atoms with van der Waals surface area (Å²) in [5, 5.41) is 13.4. The van der Waals surface area contributed by atoms with E-state index in [-0.39, 0.29) is 11.8 Å². The van der Waals surface area contributed by atoms with Crippen molar-refractivity contribution in [1.29, 1.82) is 0 Å². The van der Waals surface area contributed by atoms with Crippen LogP contribution in [0.1, 0.15) is 11.3 Å². The van der Waals surface area contributed by atoms with Gasteiger partial charge in [0.05, 0.1) is 18.4 Å². The molecular formula is C10H10BrNO3S. The SMILES string of the molecule is O=C(O)C1CC1C(=O)NCc1sccc1Br. The number of thiophene rings is 1. The molecule has 2 unspecified atom stereocenters. The number of carbonyl (C=O) groups excluding carboxylic acids is 1. The summed E-state index contributed by atoms with van der Waals surface area (Å²) in [4.78, 5) is 23.2. The van der Waals surface area contributed by atoms with Gasteiger partial charge in [-0.3, -0.25) is 9.59 Å². The van der Waals surface area contributed by atoms with Crippen LogP contribution in [-0.4, -0.2) is 17.0 Å². The molecule has 16 heavy (non-hydrogen) atoms. The highest BCUT2D eigenvalue weighted by Gasteiger charge is 2.48. The molecule has 2 atom stereocenters. The van der Waals surface area contributed by atoms with E-state index in [0.717, 1.165) is 9.35 Å². The van der Waals surface area contributed by atoms with Crippen LogP contribution in [0, 0.1) is 11.8 Å². The van der Waals surface area contributed by atoms with Crippen LogP contribution in [-0.2, 0) is 16.1 Å². The van der Waals surface area contributed by atoms with Crippen molar-refractivity contribution in [3.8, 4) is 0 Å². The third kappa shape index (κ3) is 2.44. The van der Waals surface area contributed by atoms with Crippen molar-refractivity contribution >= 4 is 39.1 Å². The Bertz CT molecular complexity index is 431. The third-order valence-corrected chi connectivity index (χ3v) is 4.48. The summed E-state index contributed by atoms with van der Waals surface area (Å²) in [7, 11) is 0. The first-order valence-electron chi connectivity index (χ1n) is 4.82. The summed E-state index contributed by atoms with van der Waals surface area (Å²) in [5.41, 5.74) is 0. The fourth-order valence-electron chi connectivity index (χ4n) is 1.51. The maximum absolute atomic E-state index is 11.5. The number of hydrogen-bond acceptors (Lipinski definition) is 3. The second-order valence-electron chi connectivity index (χ2n) is 3.70. The summed E-state index contributed by atoms with van der Waals surface area (Å²) in [6, 6.07) is 1.92. The van der Waals surface area contributed by atoms with Crippen molar-refractivity contribution < 1.29 is 14.7 Å². The molecule has 1 aromatic rings. The first-order valence-corrected chi connectivity index (χ1v) is 6.49. The van der Waals surface area contributed by atoms with Gasteiger partial charge in [-0.25, -0.2) is 0 Å². The Balaban J connectivity index is 1.82. The summed E-state index contributed by atoms with van der Waals surface area (Å²) in [6.45, 7) is 0.458. The molecule has 86 valence electrons. The third-order valence-electron chi connectivity index (χ3n) is 2.56. The lowest BCUT2D eigenvalue weighted by Gasteiger charge is -2.02. The number of hydrogen-bond donors (Lipinski definition) is 2. The summed E-state index contributed by atoms with van der Waals surface area (Å²) in [5.74, 6) is -1.85. The van der Waals surface area contributed by atoms with E-state index in [1.165, 1.54) is 0 Å². The molecule has 4 nitrogen and oxygen atoms in total. The number of carboxylic acids is 1. The molecule has 0 aromatic carbocycles.